The number of rotatable bonds is 4. The highest BCUT2D eigenvalue weighted by Crippen LogP contribution is 2.35. The summed E-state index contributed by atoms with van der Waals surface area (Å²) in [6.07, 6.45) is 0. The summed E-state index contributed by atoms with van der Waals surface area (Å²) in [4.78, 5) is 12.2. The van der Waals surface area contributed by atoms with Gasteiger partial charge >= 0.3 is 0 Å². The fraction of sp³-hybridized carbons (Fsp3) is 0.280. The first kappa shape index (κ1) is 20.8. The smallest absolute Gasteiger partial charge is 0.165 e. The van der Waals surface area contributed by atoms with Crippen molar-refractivity contribution in [2.75, 3.05) is 48.4 Å². The van der Waals surface area contributed by atoms with Crippen LogP contribution in [0.4, 0.5) is 17.3 Å². The summed E-state index contributed by atoms with van der Waals surface area (Å²) >= 11 is 6.52. The van der Waals surface area contributed by atoms with Crippen molar-refractivity contribution in [1.29, 1.82) is 0 Å². The van der Waals surface area contributed by atoms with Gasteiger partial charge in [0.1, 0.15) is 11.6 Å². The molecule has 0 spiro atoms. The summed E-state index contributed by atoms with van der Waals surface area (Å²) in [5.41, 5.74) is 6.41. The first-order valence-corrected chi connectivity index (χ1v) is 11.3. The van der Waals surface area contributed by atoms with E-state index >= 15 is 0 Å². The molecule has 0 atom stereocenters. The zero-order chi connectivity index (χ0) is 22.1. The van der Waals surface area contributed by atoms with Crippen LogP contribution in [0.5, 0.6) is 0 Å². The zero-order valence-electron chi connectivity index (χ0n) is 18.3. The molecule has 0 aliphatic carbocycles. The number of halogens is 1. The Balaban J connectivity index is 1.63. The third-order valence-corrected chi connectivity index (χ3v) is 6.29. The Kier molecular flexibility index (Phi) is 5.72. The van der Waals surface area contributed by atoms with E-state index in [1.807, 2.05) is 30.3 Å². The number of ether oxygens (including phenoxy) is 1. The van der Waals surface area contributed by atoms with Gasteiger partial charge in [-0.25, -0.2) is 9.97 Å². The van der Waals surface area contributed by atoms with E-state index in [4.69, 9.17) is 26.3 Å². The fourth-order valence-electron chi connectivity index (χ4n) is 4.17. The number of anilines is 3. The fourth-order valence-corrected chi connectivity index (χ4v) is 4.39. The minimum Gasteiger partial charge on any atom is -0.381 e. The highest BCUT2D eigenvalue weighted by molar-refractivity contribution is 6.33. The van der Waals surface area contributed by atoms with Crippen molar-refractivity contribution < 1.29 is 4.74 Å². The van der Waals surface area contributed by atoms with E-state index in [9.17, 15) is 0 Å². The van der Waals surface area contributed by atoms with Crippen LogP contribution >= 0.6 is 11.6 Å². The predicted molar refractivity (Wildman–Crippen MR) is 131 cm³/mol. The summed E-state index contributed by atoms with van der Waals surface area (Å²) in [6, 6.07) is 16.0. The first-order valence-electron chi connectivity index (χ1n) is 10.9. The number of hydrogen-bond acceptors (Lipinski definition) is 6. The van der Waals surface area contributed by atoms with Gasteiger partial charge in [0, 0.05) is 47.7 Å². The molecule has 1 fully saturated rings. The Morgan fingerprint density at radius 1 is 0.969 bits per heavy atom. The number of nitrogens with one attached hydrogen (secondary N) is 2. The molecule has 0 unspecified atom stereocenters. The van der Waals surface area contributed by atoms with Gasteiger partial charge in [-0.15, -0.1) is 0 Å². The Morgan fingerprint density at radius 3 is 2.47 bits per heavy atom. The minimum atomic E-state index is 0.616. The van der Waals surface area contributed by atoms with E-state index in [1.54, 1.807) is 0 Å². The molecule has 1 aromatic heterocycles. The normalized spacial score (nSPS) is 15.9. The molecular weight excluding hydrogens is 422 g/mol. The van der Waals surface area contributed by atoms with Crippen molar-refractivity contribution in [2.45, 2.75) is 13.8 Å². The maximum absolute atomic E-state index is 6.52. The lowest BCUT2D eigenvalue weighted by Gasteiger charge is -2.30. The van der Waals surface area contributed by atoms with Crippen LogP contribution in [0.2, 0.25) is 5.02 Å². The molecule has 0 amide bonds. The standard InChI is InChI=1S/C25H26ClN5O/c1-16-15-27-21-10-6-4-8-19(21)22(16)28-23-17(2)25(31-11-13-32-14-12-31)30-24(29-23)18-7-3-5-9-20(18)26/h3-10,27H,11-15H2,1-2H3,(H,28,29,30). The molecule has 6 nitrogen and oxygen atoms in total. The van der Waals surface area contributed by atoms with Crippen molar-refractivity contribution in [2.24, 2.45) is 0 Å². The summed E-state index contributed by atoms with van der Waals surface area (Å²) in [5.74, 6) is 2.33. The molecular formula is C25H26ClN5O. The van der Waals surface area contributed by atoms with Crippen LogP contribution in [-0.2, 0) is 4.74 Å². The second-order valence-electron chi connectivity index (χ2n) is 8.10. The third-order valence-electron chi connectivity index (χ3n) is 5.96. The van der Waals surface area contributed by atoms with E-state index in [1.165, 1.54) is 5.57 Å². The Labute approximate surface area is 193 Å². The molecule has 5 rings (SSSR count). The molecule has 2 aromatic carbocycles. The van der Waals surface area contributed by atoms with Crippen LogP contribution in [0.1, 0.15) is 18.1 Å². The highest BCUT2D eigenvalue weighted by atomic mass is 35.5. The number of nitrogens with zero attached hydrogens (tertiary/aromatic N) is 3. The molecule has 3 aromatic rings. The molecule has 2 aliphatic heterocycles. The Hall–Kier alpha value is -3.09. The van der Waals surface area contributed by atoms with Gasteiger partial charge in [-0.3, -0.25) is 0 Å². The van der Waals surface area contributed by atoms with Gasteiger partial charge in [-0.1, -0.05) is 41.9 Å². The maximum Gasteiger partial charge on any atom is 0.165 e. The van der Waals surface area contributed by atoms with Gasteiger partial charge in [-0.05, 0) is 37.6 Å². The number of aromatic nitrogens is 2. The quantitative estimate of drug-likeness (QED) is 0.572. The molecule has 3 heterocycles. The molecule has 32 heavy (non-hydrogen) atoms. The molecule has 1 saturated heterocycles. The lowest BCUT2D eigenvalue weighted by molar-refractivity contribution is 0.122. The van der Waals surface area contributed by atoms with Gasteiger partial charge in [0.05, 0.1) is 18.2 Å². The van der Waals surface area contributed by atoms with Gasteiger partial charge in [-0.2, -0.15) is 0 Å². The maximum atomic E-state index is 6.52. The SMILES string of the molecule is CC1=C(Nc2nc(-c3ccccc3Cl)nc(N3CCOCC3)c2C)c2ccccc2NC1. The van der Waals surface area contributed by atoms with Gasteiger partial charge in [0.2, 0.25) is 0 Å². The Bertz CT molecular complexity index is 1190. The van der Waals surface area contributed by atoms with E-state index in [2.05, 4.69) is 47.6 Å². The van der Waals surface area contributed by atoms with Crippen LogP contribution < -0.4 is 15.5 Å². The van der Waals surface area contributed by atoms with Crippen LogP contribution in [0.25, 0.3) is 17.1 Å². The number of benzene rings is 2. The number of hydrogen-bond donors (Lipinski definition) is 2. The molecule has 2 aliphatic rings. The van der Waals surface area contributed by atoms with Gasteiger partial charge in [0.25, 0.3) is 0 Å². The second kappa shape index (κ2) is 8.81. The summed E-state index contributed by atoms with van der Waals surface area (Å²) in [6.45, 7) is 7.98. The molecule has 0 bridgehead atoms. The largest absolute Gasteiger partial charge is 0.381 e. The van der Waals surface area contributed by atoms with Crippen molar-refractivity contribution >= 4 is 34.6 Å². The average molecular weight is 448 g/mol. The molecule has 0 radical (unpaired) electrons. The van der Waals surface area contributed by atoms with Crippen molar-refractivity contribution in [3.05, 3.63) is 70.3 Å². The highest BCUT2D eigenvalue weighted by Gasteiger charge is 2.23. The third kappa shape index (κ3) is 3.92. The monoisotopic (exact) mass is 447 g/mol. The summed E-state index contributed by atoms with van der Waals surface area (Å²) in [7, 11) is 0. The number of fused-ring (bicyclic) bond motifs is 1. The van der Waals surface area contributed by atoms with Gasteiger partial charge in [0.15, 0.2) is 5.82 Å². The average Bonchev–Trinajstić information content (AvgIpc) is 2.83. The minimum absolute atomic E-state index is 0.616. The lowest BCUT2D eigenvalue weighted by atomic mass is 10.0. The van der Waals surface area contributed by atoms with Crippen molar-refractivity contribution in [3.63, 3.8) is 0 Å². The lowest BCUT2D eigenvalue weighted by Crippen LogP contribution is -2.37. The van der Waals surface area contributed by atoms with E-state index in [0.29, 0.717) is 24.1 Å². The molecule has 2 N–H and O–H groups in total. The van der Waals surface area contributed by atoms with E-state index in [-0.39, 0.29) is 0 Å². The molecule has 0 saturated carbocycles. The second-order valence-corrected chi connectivity index (χ2v) is 8.51. The first-order chi connectivity index (χ1) is 15.6. The number of morpholine rings is 1. The predicted octanol–water partition coefficient (Wildman–Crippen LogP) is 5.21. The Morgan fingerprint density at radius 2 is 1.69 bits per heavy atom. The topological polar surface area (TPSA) is 62.3 Å². The molecule has 164 valence electrons. The van der Waals surface area contributed by atoms with Crippen LogP contribution in [0.3, 0.4) is 0 Å². The van der Waals surface area contributed by atoms with Crippen molar-refractivity contribution in [1.82, 2.24) is 9.97 Å². The summed E-state index contributed by atoms with van der Waals surface area (Å²) in [5, 5.41) is 7.77. The van der Waals surface area contributed by atoms with Crippen molar-refractivity contribution in [3.8, 4) is 11.4 Å². The van der Waals surface area contributed by atoms with Gasteiger partial charge < -0.3 is 20.3 Å². The van der Waals surface area contributed by atoms with E-state index < -0.39 is 0 Å². The van der Waals surface area contributed by atoms with Crippen LogP contribution in [-0.4, -0.2) is 42.8 Å². The summed E-state index contributed by atoms with van der Waals surface area (Å²) < 4.78 is 5.56. The molecule has 7 heteroatoms. The van der Waals surface area contributed by atoms with Crippen LogP contribution in [0.15, 0.2) is 54.1 Å². The zero-order valence-corrected chi connectivity index (χ0v) is 19.0. The van der Waals surface area contributed by atoms with E-state index in [0.717, 1.165) is 59.3 Å². The van der Waals surface area contributed by atoms with Crippen LogP contribution in [0, 0.1) is 6.92 Å². The number of para-hydroxylation sites is 1.